The Labute approximate surface area is 113 Å². The minimum atomic E-state index is -0.000917. The molecule has 0 heterocycles. The molecule has 2 atom stereocenters. The van der Waals surface area contributed by atoms with Gasteiger partial charge < -0.3 is 9.47 Å². The van der Waals surface area contributed by atoms with E-state index in [1.165, 1.54) is 5.56 Å². The fourth-order valence-corrected chi connectivity index (χ4v) is 3.30. The van der Waals surface area contributed by atoms with Gasteiger partial charge in [0.1, 0.15) is 0 Å². The molecule has 0 radical (unpaired) electrons. The molecule has 0 bridgehead atoms. The second-order valence-corrected chi connectivity index (χ2v) is 5.50. The molecular weight excluding hydrogens is 240 g/mol. The molecule has 3 rings (SSSR count). The standard InChI is InChI=1S/C16H20O3/c1-2-18-16(17)15-13-8-12(9-14(13)15)19-10-11-6-4-3-5-7-11/h3-7,12-15H,2,8-10H2,1H3/t12?,13-,14-,15?/m1/s1. The van der Waals surface area contributed by atoms with Crippen LogP contribution in [0.15, 0.2) is 30.3 Å². The average molecular weight is 260 g/mol. The molecule has 19 heavy (non-hydrogen) atoms. The van der Waals surface area contributed by atoms with Crippen LogP contribution in [0.2, 0.25) is 0 Å². The van der Waals surface area contributed by atoms with Crippen molar-refractivity contribution in [2.45, 2.75) is 32.5 Å². The first-order valence-electron chi connectivity index (χ1n) is 7.11. The van der Waals surface area contributed by atoms with E-state index in [2.05, 4.69) is 12.1 Å². The van der Waals surface area contributed by atoms with Crippen molar-refractivity contribution in [2.75, 3.05) is 6.61 Å². The lowest BCUT2D eigenvalue weighted by molar-refractivity contribution is -0.145. The lowest BCUT2D eigenvalue weighted by Gasteiger charge is -2.15. The number of carbonyl (C=O) groups is 1. The molecule has 2 fully saturated rings. The number of esters is 1. The maximum absolute atomic E-state index is 11.6. The van der Waals surface area contributed by atoms with Gasteiger partial charge in [0.15, 0.2) is 0 Å². The van der Waals surface area contributed by atoms with E-state index in [0.29, 0.717) is 31.2 Å². The normalized spacial score (nSPS) is 29.0. The number of benzene rings is 1. The van der Waals surface area contributed by atoms with Gasteiger partial charge >= 0.3 is 5.97 Å². The van der Waals surface area contributed by atoms with Crippen molar-refractivity contribution in [3.63, 3.8) is 0 Å². The first-order valence-corrected chi connectivity index (χ1v) is 7.11. The van der Waals surface area contributed by atoms with E-state index >= 15 is 0 Å². The summed E-state index contributed by atoms with van der Waals surface area (Å²) in [5, 5.41) is 0. The van der Waals surface area contributed by atoms with Crippen molar-refractivity contribution in [1.29, 1.82) is 0 Å². The summed E-state index contributed by atoms with van der Waals surface area (Å²) >= 11 is 0. The summed E-state index contributed by atoms with van der Waals surface area (Å²) in [6.07, 6.45) is 2.35. The second kappa shape index (κ2) is 5.33. The molecule has 0 unspecified atom stereocenters. The van der Waals surface area contributed by atoms with Crippen molar-refractivity contribution in [1.82, 2.24) is 0 Å². The van der Waals surface area contributed by atoms with Crippen LogP contribution in [0, 0.1) is 17.8 Å². The molecule has 1 aromatic carbocycles. The Kier molecular flexibility index (Phi) is 3.56. The van der Waals surface area contributed by atoms with Gasteiger partial charge in [-0.2, -0.15) is 0 Å². The van der Waals surface area contributed by atoms with Crippen LogP contribution in [0.25, 0.3) is 0 Å². The summed E-state index contributed by atoms with van der Waals surface area (Å²) in [5.74, 6) is 1.19. The molecule has 3 heteroatoms. The number of hydrogen-bond acceptors (Lipinski definition) is 3. The Balaban J connectivity index is 1.43. The number of carbonyl (C=O) groups excluding carboxylic acids is 1. The fraction of sp³-hybridized carbons (Fsp3) is 0.562. The maximum atomic E-state index is 11.6. The molecule has 2 aliphatic rings. The maximum Gasteiger partial charge on any atom is 0.309 e. The molecule has 0 amide bonds. The van der Waals surface area contributed by atoms with Gasteiger partial charge in [0.05, 0.1) is 25.2 Å². The predicted octanol–water partition coefficient (Wildman–Crippen LogP) is 2.79. The van der Waals surface area contributed by atoms with Crippen LogP contribution in [-0.4, -0.2) is 18.7 Å². The summed E-state index contributed by atoms with van der Waals surface area (Å²) < 4.78 is 11.0. The van der Waals surface area contributed by atoms with E-state index < -0.39 is 0 Å². The van der Waals surface area contributed by atoms with Crippen LogP contribution in [0.3, 0.4) is 0 Å². The quantitative estimate of drug-likeness (QED) is 0.764. The zero-order valence-corrected chi connectivity index (χ0v) is 11.2. The highest BCUT2D eigenvalue weighted by atomic mass is 16.5. The van der Waals surface area contributed by atoms with Gasteiger partial charge in [-0.3, -0.25) is 4.79 Å². The Morgan fingerprint density at radius 2 is 1.89 bits per heavy atom. The lowest BCUT2D eigenvalue weighted by atomic mass is 10.1. The van der Waals surface area contributed by atoms with E-state index in [0.717, 1.165) is 12.8 Å². The topological polar surface area (TPSA) is 35.5 Å². The summed E-state index contributed by atoms with van der Waals surface area (Å²) in [5.41, 5.74) is 1.21. The van der Waals surface area contributed by atoms with Crippen molar-refractivity contribution < 1.29 is 14.3 Å². The van der Waals surface area contributed by atoms with Crippen molar-refractivity contribution >= 4 is 5.97 Å². The number of rotatable bonds is 5. The van der Waals surface area contributed by atoms with Crippen LogP contribution in [0.5, 0.6) is 0 Å². The highest BCUT2D eigenvalue weighted by Gasteiger charge is 2.60. The van der Waals surface area contributed by atoms with Gasteiger partial charge in [-0.15, -0.1) is 0 Å². The van der Waals surface area contributed by atoms with Gasteiger partial charge in [0.25, 0.3) is 0 Å². The summed E-state index contributed by atoms with van der Waals surface area (Å²) in [6.45, 7) is 3.03. The Morgan fingerprint density at radius 3 is 2.53 bits per heavy atom. The van der Waals surface area contributed by atoms with Gasteiger partial charge in [0, 0.05) is 0 Å². The van der Waals surface area contributed by atoms with Crippen molar-refractivity contribution in [2.24, 2.45) is 17.8 Å². The molecule has 3 nitrogen and oxygen atoms in total. The van der Waals surface area contributed by atoms with E-state index in [-0.39, 0.29) is 11.9 Å². The number of hydrogen-bond donors (Lipinski definition) is 0. The first kappa shape index (κ1) is 12.7. The molecule has 2 aliphatic carbocycles. The molecule has 0 aliphatic heterocycles. The molecule has 0 spiro atoms. The lowest BCUT2D eigenvalue weighted by Crippen LogP contribution is -2.17. The van der Waals surface area contributed by atoms with E-state index in [9.17, 15) is 4.79 Å². The zero-order valence-electron chi connectivity index (χ0n) is 11.2. The summed E-state index contributed by atoms with van der Waals surface area (Å²) in [7, 11) is 0. The van der Waals surface area contributed by atoms with Crippen LogP contribution in [0.1, 0.15) is 25.3 Å². The highest BCUT2D eigenvalue weighted by Crippen LogP contribution is 2.58. The minimum absolute atomic E-state index is 0.000917. The Morgan fingerprint density at radius 1 is 1.21 bits per heavy atom. The summed E-state index contributed by atoms with van der Waals surface area (Å²) in [6, 6.07) is 10.2. The molecular formula is C16H20O3. The molecule has 0 aromatic heterocycles. The fourth-order valence-electron chi connectivity index (χ4n) is 3.30. The Hall–Kier alpha value is -1.35. The molecule has 1 aromatic rings. The monoisotopic (exact) mass is 260 g/mol. The number of ether oxygens (including phenoxy) is 2. The van der Waals surface area contributed by atoms with Gasteiger partial charge in [-0.1, -0.05) is 30.3 Å². The Bertz CT molecular complexity index is 431. The minimum Gasteiger partial charge on any atom is -0.466 e. The predicted molar refractivity (Wildman–Crippen MR) is 71.4 cm³/mol. The van der Waals surface area contributed by atoms with E-state index in [1.807, 2.05) is 25.1 Å². The van der Waals surface area contributed by atoms with Crippen LogP contribution < -0.4 is 0 Å². The smallest absolute Gasteiger partial charge is 0.309 e. The van der Waals surface area contributed by atoms with Crippen LogP contribution >= 0.6 is 0 Å². The molecule has 2 saturated carbocycles. The highest BCUT2D eigenvalue weighted by molar-refractivity contribution is 5.76. The zero-order chi connectivity index (χ0) is 13.2. The summed E-state index contributed by atoms with van der Waals surface area (Å²) in [4.78, 5) is 11.6. The third-order valence-corrected chi connectivity index (χ3v) is 4.29. The molecule has 102 valence electrons. The molecule has 0 saturated heterocycles. The molecule has 0 N–H and O–H groups in total. The third kappa shape index (κ3) is 2.66. The van der Waals surface area contributed by atoms with Gasteiger partial charge in [-0.05, 0) is 37.2 Å². The largest absolute Gasteiger partial charge is 0.466 e. The average Bonchev–Trinajstić information content (AvgIpc) is 2.94. The van der Waals surface area contributed by atoms with Gasteiger partial charge in [0.2, 0.25) is 0 Å². The van der Waals surface area contributed by atoms with Crippen LogP contribution in [0.4, 0.5) is 0 Å². The van der Waals surface area contributed by atoms with E-state index in [1.54, 1.807) is 0 Å². The van der Waals surface area contributed by atoms with Gasteiger partial charge in [-0.25, -0.2) is 0 Å². The van der Waals surface area contributed by atoms with E-state index in [4.69, 9.17) is 9.47 Å². The number of fused-ring (bicyclic) bond motifs is 1. The third-order valence-electron chi connectivity index (χ3n) is 4.29. The SMILES string of the molecule is CCOC(=O)C1[C@@H]2CC(OCc3ccccc3)C[C@@H]12. The van der Waals surface area contributed by atoms with Crippen LogP contribution in [-0.2, 0) is 20.9 Å². The van der Waals surface area contributed by atoms with Crippen molar-refractivity contribution in [3.8, 4) is 0 Å². The van der Waals surface area contributed by atoms with Crippen molar-refractivity contribution in [3.05, 3.63) is 35.9 Å². The first-order chi connectivity index (χ1) is 9.29. The second-order valence-electron chi connectivity index (χ2n) is 5.50.